The fraction of sp³-hybridized carbons (Fsp3) is 0.207. The number of fused-ring (bicyclic) bond motifs is 2. The summed E-state index contributed by atoms with van der Waals surface area (Å²) >= 11 is 0. The molecular formula is C29H27FNO5P. The molecule has 37 heavy (non-hydrogen) atoms. The Balaban J connectivity index is 1.96. The van der Waals surface area contributed by atoms with E-state index in [1.807, 2.05) is 56.3 Å². The SMILES string of the molecule is CC(C)C1=C(C#CP(=O)(O)C[C@@H](O)CC(=O)O)C(c2ccc(F)cc2)=C2C=CC=c3ccccc3=C2N1. The molecule has 190 valence electrons. The van der Waals surface area contributed by atoms with Crippen LogP contribution in [-0.4, -0.2) is 33.3 Å². The van der Waals surface area contributed by atoms with Gasteiger partial charge in [-0.25, -0.2) is 4.39 Å². The summed E-state index contributed by atoms with van der Waals surface area (Å²) < 4.78 is 26.6. The molecule has 0 radical (unpaired) electrons. The highest BCUT2D eigenvalue weighted by atomic mass is 31.2. The van der Waals surface area contributed by atoms with Crippen molar-refractivity contribution in [3.05, 3.63) is 99.3 Å². The van der Waals surface area contributed by atoms with Gasteiger partial charge in [0.25, 0.3) is 7.37 Å². The van der Waals surface area contributed by atoms with Gasteiger partial charge in [0.1, 0.15) is 5.82 Å². The number of nitrogens with one attached hydrogen (secondary N) is 1. The van der Waals surface area contributed by atoms with Crippen molar-refractivity contribution in [2.75, 3.05) is 6.16 Å². The Morgan fingerprint density at radius 2 is 1.84 bits per heavy atom. The lowest BCUT2D eigenvalue weighted by molar-refractivity contribution is -0.138. The van der Waals surface area contributed by atoms with Gasteiger partial charge in [0, 0.05) is 22.1 Å². The number of aliphatic carboxylic acids is 1. The lowest BCUT2D eigenvalue weighted by Crippen LogP contribution is -2.34. The Kier molecular flexibility index (Phi) is 7.65. The molecule has 2 aromatic carbocycles. The third-order valence-electron chi connectivity index (χ3n) is 6.02. The van der Waals surface area contributed by atoms with E-state index in [0.717, 1.165) is 27.4 Å². The first-order valence-electron chi connectivity index (χ1n) is 11.8. The minimum absolute atomic E-state index is 0.0622. The van der Waals surface area contributed by atoms with Crippen LogP contribution in [0.25, 0.3) is 17.3 Å². The van der Waals surface area contributed by atoms with Gasteiger partial charge in [0.2, 0.25) is 0 Å². The van der Waals surface area contributed by atoms with E-state index in [0.29, 0.717) is 16.7 Å². The topological polar surface area (TPSA) is 107 Å². The van der Waals surface area contributed by atoms with E-state index >= 15 is 0 Å². The lowest BCUT2D eigenvalue weighted by Gasteiger charge is -2.29. The average Bonchev–Trinajstić information content (AvgIpc) is 3.01. The Morgan fingerprint density at radius 3 is 2.51 bits per heavy atom. The van der Waals surface area contributed by atoms with Crippen molar-refractivity contribution >= 4 is 30.7 Å². The smallest absolute Gasteiger partial charge is 0.305 e. The number of rotatable bonds is 6. The fourth-order valence-electron chi connectivity index (χ4n) is 4.38. The zero-order valence-electron chi connectivity index (χ0n) is 20.4. The minimum Gasteiger partial charge on any atom is -0.481 e. The van der Waals surface area contributed by atoms with Crippen LogP contribution in [0.2, 0.25) is 0 Å². The normalized spacial score (nSPS) is 17.0. The second-order valence-electron chi connectivity index (χ2n) is 9.22. The van der Waals surface area contributed by atoms with E-state index in [1.54, 1.807) is 12.1 Å². The van der Waals surface area contributed by atoms with Crippen molar-refractivity contribution in [1.29, 1.82) is 0 Å². The van der Waals surface area contributed by atoms with Crippen molar-refractivity contribution in [2.24, 2.45) is 5.92 Å². The first-order chi connectivity index (χ1) is 17.6. The molecule has 4 rings (SSSR count). The van der Waals surface area contributed by atoms with Gasteiger partial charge < -0.3 is 20.4 Å². The molecule has 2 aliphatic rings. The molecule has 2 aromatic rings. The highest BCUT2D eigenvalue weighted by Gasteiger charge is 2.28. The van der Waals surface area contributed by atoms with Crippen molar-refractivity contribution in [3.8, 4) is 11.6 Å². The number of allylic oxidation sites excluding steroid dienone is 4. The quantitative estimate of drug-likeness (QED) is 0.345. The minimum atomic E-state index is -4.20. The van der Waals surface area contributed by atoms with Gasteiger partial charge in [-0.2, -0.15) is 0 Å². The van der Waals surface area contributed by atoms with Gasteiger partial charge in [0.05, 0.1) is 30.0 Å². The van der Waals surface area contributed by atoms with Crippen LogP contribution in [-0.2, 0) is 9.36 Å². The monoisotopic (exact) mass is 519 g/mol. The molecule has 1 aliphatic heterocycles. The number of aliphatic hydroxyl groups is 1. The molecular weight excluding hydrogens is 492 g/mol. The van der Waals surface area contributed by atoms with Crippen LogP contribution in [0.5, 0.6) is 0 Å². The van der Waals surface area contributed by atoms with Gasteiger partial charge in [-0.3, -0.25) is 9.36 Å². The molecule has 0 aromatic heterocycles. The molecule has 1 aliphatic carbocycles. The van der Waals surface area contributed by atoms with Crippen LogP contribution in [0.1, 0.15) is 25.8 Å². The molecule has 6 nitrogen and oxygen atoms in total. The molecule has 0 spiro atoms. The number of carbonyl (C=O) groups is 1. The summed E-state index contributed by atoms with van der Waals surface area (Å²) in [5.74, 6) is 1.15. The number of halogens is 1. The van der Waals surface area contributed by atoms with Gasteiger partial charge in [-0.05, 0) is 34.5 Å². The molecule has 0 amide bonds. The van der Waals surface area contributed by atoms with Crippen molar-refractivity contribution in [3.63, 3.8) is 0 Å². The zero-order valence-corrected chi connectivity index (χ0v) is 21.3. The maximum Gasteiger partial charge on any atom is 0.305 e. The number of hydrogen-bond donors (Lipinski definition) is 4. The number of aliphatic hydroxyl groups excluding tert-OH is 1. The van der Waals surface area contributed by atoms with Crippen LogP contribution in [0.4, 0.5) is 4.39 Å². The van der Waals surface area contributed by atoms with E-state index in [-0.39, 0.29) is 5.92 Å². The summed E-state index contributed by atoms with van der Waals surface area (Å²) in [5.41, 5.74) is 6.62. The molecule has 0 saturated carbocycles. The fourth-order valence-corrected chi connectivity index (χ4v) is 5.45. The molecule has 0 bridgehead atoms. The van der Waals surface area contributed by atoms with Crippen LogP contribution >= 0.6 is 7.37 Å². The summed E-state index contributed by atoms with van der Waals surface area (Å²) in [6, 6.07) is 13.9. The van der Waals surface area contributed by atoms with Crippen LogP contribution in [0.15, 0.2) is 77.5 Å². The first kappa shape index (κ1) is 26.4. The third kappa shape index (κ3) is 6.00. The van der Waals surface area contributed by atoms with E-state index in [1.165, 1.54) is 12.1 Å². The highest BCUT2D eigenvalue weighted by molar-refractivity contribution is 7.63. The summed E-state index contributed by atoms with van der Waals surface area (Å²) in [6.45, 7) is 3.94. The predicted octanol–water partition coefficient (Wildman–Crippen LogP) is 3.32. The predicted molar refractivity (Wildman–Crippen MR) is 142 cm³/mol. The third-order valence-corrected chi connectivity index (χ3v) is 7.40. The molecule has 1 unspecified atom stereocenters. The Hall–Kier alpha value is -3.69. The number of benzene rings is 2. The van der Waals surface area contributed by atoms with E-state index in [2.05, 4.69) is 16.9 Å². The zero-order chi connectivity index (χ0) is 26.7. The molecule has 8 heteroatoms. The molecule has 0 saturated heterocycles. The maximum absolute atomic E-state index is 13.8. The number of carboxylic acids is 1. The van der Waals surface area contributed by atoms with Crippen molar-refractivity contribution in [1.82, 2.24) is 5.32 Å². The largest absolute Gasteiger partial charge is 0.481 e. The average molecular weight is 520 g/mol. The van der Waals surface area contributed by atoms with Crippen LogP contribution < -0.4 is 15.8 Å². The van der Waals surface area contributed by atoms with Gasteiger partial charge >= 0.3 is 5.97 Å². The summed E-state index contributed by atoms with van der Waals surface area (Å²) in [5, 5.41) is 24.3. The second-order valence-corrected chi connectivity index (χ2v) is 11.2. The summed E-state index contributed by atoms with van der Waals surface area (Å²) in [6.07, 6.45) is 3.01. The Labute approximate surface area is 214 Å². The van der Waals surface area contributed by atoms with Crippen molar-refractivity contribution < 1.29 is 28.9 Å². The second kappa shape index (κ2) is 10.7. The molecule has 0 fully saturated rings. The summed E-state index contributed by atoms with van der Waals surface area (Å²) in [7, 11) is -4.20. The van der Waals surface area contributed by atoms with Gasteiger partial charge in [-0.15, -0.1) is 0 Å². The Morgan fingerprint density at radius 1 is 1.14 bits per heavy atom. The molecule has 1 heterocycles. The first-order valence-corrected chi connectivity index (χ1v) is 13.6. The number of carboxylic acid groups (broad SMARTS) is 1. The maximum atomic E-state index is 13.8. The van der Waals surface area contributed by atoms with Gasteiger partial charge in [-0.1, -0.05) is 74.4 Å². The van der Waals surface area contributed by atoms with Gasteiger partial charge in [0.15, 0.2) is 0 Å². The lowest BCUT2D eigenvalue weighted by atomic mass is 9.84. The summed E-state index contributed by atoms with van der Waals surface area (Å²) in [4.78, 5) is 21.3. The Bertz CT molecular complexity index is 1570. The van der Waals surface area contributed by atoms with Crippen molar-refractivity contribution in [2.45, 2.75) is 26.4 Å². The van der Waals surface area contributed by atoms with E-state index in [9.17, 15) is 23.7 Å². The highest BCUT2D eigenvalue weighted by Crippen LogP contribution is 2.42. The van der Waals surface area contributed by atoms with E-state index in [4.69, 9.17) is 5.11 Å². The van der Waals surface area contributed by atoms with Crippen LogP contribution in [0, 0.1) is 23.3 Å². The number of hydrogen-bond acceptors (Lipinski definition) is 4. The van der Waals surface area contributed by atoms with E-state index < -0.39 is 37.8 Å². The standard InChI is InChI=1S/C29H27FNO5P/c1-18(2)28-25(14-15-37(35,36)17-22(32)16-26(33)34)27(20-10-12-21(30)13-11-20)24-9-5-7-19-6-3-4-8-23(19)29(24)31-28/h3-13,18,22,31-32H,16-17H2,1-2H3,(H,33,34)(H,35,36)/t22-/m0/s1. The molecule has 2 atom stereocenters. The van der Waals surface area contributed by atoms with Crippen LogP contribution in [0.3, 0.4) is 0 Å². The molecule has 4 N–H and O–H groups in total. The number of dihydropyridines is 1.